The average molecular weight is 373 g/mol. The first-order valence-corrected chi connectivity index (χ1v) is 10.7. The van der Waals surface area contributed by atoms with Crippen LogP contribution >= 0.6 is 0 Å². The van der Waals surface area contributed by atoms with Gasteiger partial charge in [0.25, 0.3) is 0 Å². The predicted molar refractivity (Wildman–Crippen MR) is 109 cm³/mol. The van der Waals surface area contributed by atoms with Gasteiger partial charge in [0.2, 0.25) is 5.91 Å². The summed E-state index contributed by atoms with van der Waals surface area (Å²) in [7, 11) is 0. The molecule has 1 amide bonds. The minimum absolute atomic E-state index is 0.205. The van der Waals surface area contributed by atoms with Crippen LogP contribution in [0.4, 0.5) is 0 Å². The standard InChI is InChI=1S/C22H36N4O/c1-17(2)7-4-8-18(3)15-25-11-6-12-26-21(16-25)13-20(24-26)14-23-22(27)19-9-5-10-19/h7,13,18-19H,4-6,8-12,14-16H2,1-3H3,(H,23,27)/t18-/m0/s1. The molecule has 0 unspecified atom stereocenters. The highest BCUT2D eigenvalue weighted by molar-refractivity contribution is 5.79. The van der Waals surface area contributed by atoms with Crippen LogP contribution in [0.25, 0.3) is 0 Å². The van der Waals surface area contributed by atoms with Crippen molar-refractivity contribution in [2.45, 2.75) is 78.9 Å². The van der Waals surface area contributed by atoms with Crippen LogP contribution in [0.2, 0.25) is 0 Å². The number of amides is 1. The third kappa shape index (κ3) is 5.93. The van der Waals surface area contributed by atoms with Crippen molar-refractivity contribution in [2.75, 3.05) is 13.1 Å². The van der Waals surface area contributed by atoms with Crippen molar-refractivity contribution < 1.29 is 4.79 Å². The van der Waals surface area contributed by atoms with Crippen molar-refractivity contribution in [2.24, 2.45) is 11.8 Å². The van der Waals surface area contributed by atoms with E-state index >= 15 is 0 Å². The lowest BCUT2D eigenvalue weighted by Crippen LogP contribution is -2.34. The Labute approximate surface area is 164 Å². The Morgan fingerprint density at radius 2 is 2.15 bits per heavy atom. The molecule has 0 saturated heterocycles. The molecule has 1 aromatic rings. The van der Waals surface area contributed by atoms with Gasteiger partial charge in [-0.2, -0.15) is 5.10 Å². The molecule has 5 nitrogen and oxygen atoms in total. The van der Waals surface area contributed by atoms with Crippen LogP contribution in [0.15, 0.2) is 17.7 Å². The van der Waals surface area contributed by atoms with E-state index < -0.39 is 0 Å². The van der Waals surface area contributed by atoms with Gasteiger partial charge in [-0.1, -0.05) is 25.0 Å². The van der Waals surface area contributed by atoms with Gasteiger partial charge in [-0.25, -0.2) is 0 Å². The molecule has 1 saturated carbocycles. The maximum Gasteiger partial charge on any atom is 0.223 e. The topological polar surface area (TPSA) is 50.2 Å². The van der Waals surface area contributed by atoms with E-state index in [0.717, 1.165) is 51.1 Å². The van der Waals surface area contributed by atoms with Gasteiger partial charge in [-0.3, -0.25) is 14.4 Å². The normalized spacial score (nSPS) is 18.9. The molecule has 1 atom stereocenters. The molecule has 27 heavy (non-hydrogen) atoms. The fourth-order valence-electron chi connectivity index (χ4n) is 4.01. The van der Waals surface area contributed by atoms with Crippen LogP contribution in [0.5, 0.6) is 0 Å². The number of hydrogen-bond donors (Lipinski definition) is 1. The number of carbonyl (C=O) groups is 1. The number of fused-ring (bicyclic) bond motifs is 1. The highest BCUT2D eigenvalue weighted by Gasteiger charge is 2.25. The second kappa shape index (κ2) is 9.54. The van der Waals surface area contributed by atoms with Gasteiger partial charge in [-0.05, 0) is 57.9 Å². The van der Waals surface area contributed by atoms with Crippen molar-refractivity contribution in [1.29, 1.82) is 0 Å². The second-order valence-electron chi connectivity index (χ2n) is 8.75. The summed E-state index contributed by atoms with van der Waals surface area (Å²) in [4.78, 5) is 14.6. The quantitative estimate of drug-likeness (QED) is 0.705. The molecule has 1 aliphatic carbocycles. The number of aryl methyl sites for hydroxylation is 1. The lowest BCUT2D eigenvalue weighted by Gasteiger charge is -2.24. The lowest BCUT2D eigenvalue weighted by atomic mass is 9.85. The number of allylic oxidation sites excluding steroid dienone is 2. The SMILES string of the molecule is CC(C)=CCC[C@H](C)CN1CCCn2nc(CNC(=O)C3CCC3)cc2C1. The van der Waals surface area contributed by atoms with Gasteiger partial charge < -0.3 is 5.32 Å². The first-order valence-electron chi connectivity index (χ1n) is 10.7. The number of nitrogens with one attached hydrogen (secondary N) is 1. The average Bonchev–Trinajstić information content (AvgIpc) is 2.83. The summed E-state index contributed by atoms with van der Waals surface area (Å²) >= 11 is 0. The van der Waals surface area contributed by atoms with Crippen LogP contribution in [-0.2, 0) is 24.4 Å². The second-order valence-corrected chi connectivity index (χ2v) is 8.75. The Morgan fingerprint density at radius 3 is 2.85 bits per heavy atom. The van der Waals surface area contributed by atoms with E-state index in [-0.39, 0.29) is 11.8 Å². The van der Waals surface area contributed by atoms with Crippen molar-refractivity contribution >= 4 is 5.91 Å². The number of carbonyl (C=O) groups excluding carboxylic acids is 1. The monoisotopic (exact) mass is 372 g/mol. The molecular weight excluding hydrogens is 336 g/mol. The highest BCUT2D eigenvalue weighted by atomic mass is 16.1. The molecule has 2 heterocycles. The van der Waals surface area contributed by atoms with Crippen molar-refractivity contribution in [3.63, 3.8) is 0 Å². The Bertz CT molecular complexity index is 655. The first kappa shape index (κ1) is 20.1. The van der Waals surface area contributed by atoms with Gasteiger partial charge in [0.15, 0.2) is 0 Å². The van der Waals surface area contributed by atoms with Crippen molar-refractivity contribution in [1.82, 2.24) is 20.0 Å². The molecule has 0 bridgehead atoms. The van der Waals surface area contributed by atoms with E-state index in [1.807, 2.05) is 0 Å². The minimum Gasteiger partial charge on any atom is -0.350 e. The third-order valence-electron chi connectivity index (χ3n) is 5.85. The van der Waals surface area contributed by atoms with E-state index in [9.17, 15) is 4.79 Å². The fraction of sp³-hybridized carbons (Fsp3) is 0.727. The Kier molecular flexibility index (Phi) is 7.11. The molecular formula is C22H36N4O. The maximum absolute atomic E-state index is 12.0. The maximum atomic E-state index is 12.0. The highest BCUT2D eigenvalue weighted by Crippen LogP contribution is 2.26. The summed E-state index contributed by atoms with van der Waals surface area (Å²) in [5.74, 6) is 1.15. The molecule has 1 fully saturated rings. The smallest absolute Gasteiger partial charge is 0.223 e. The molecule has 0 spiro atoms. The zero-order valence-electron chi connectivity index (χ0n) is 17.3. The molecule has 0 radical (unpaired) electrons. The van der Waals surface area contributed by atoms with Gasteiger partial charge in [0, 0.05) is 32.1 Å². The van der Waals surface area contributed by atoms with Crippen LogP contribution in [0.1, 0.15) is 70.7 Å². The van der Waals surface area contributed by atoms with E-state index in [1.165, 1.54) is 30.5 Å². The third-order valence-corrected chi connectivity index (χ3v) is 5.85. The zero-order chi connectivity index (χ0) is 19.2. The number of nitrogens with zero attached hydrogens (tertiary/aromatic N) is 3. The summed E-state index contributed by atoms with van der Waals surface area (Å²) in [5, 5.41) is 7.80. The largest absolute Gasteiger partial charge is 0.350 e. The minimum atomic E-state index is 0.205. The zero-order valence-corrected chi connectivity index (χ0v) is 17.3. The van der Waals surface area contributed by atoms with Crippen LogP contribution in [0, 0.1) is 11.8 Å². The Hall–Kier alpha value is -1.62. The molecule has 0 aromatic carbocycles. The van der Waals surface area contributed by atoms with Gasteiger partial charge in [0.1, 0.15) is 0 Å². The van der Waals surface area contributed by atoms with E-state index in [2.05, 4.69) is 47.8 Å². The fourth-order valence-corrected chi connectivity index (χ4v) is 4.01. The molecule has 3 rings (SSSR count). The van der Waals surface area contributed by atoms with E-state index in [4.69, 9.17) is 5.10 Å². The first-order chi connectivity index (χ1) is 13.0. The summed E-state index contributed by atoms with van der Waals surface area (Å²) in [6.07, 6.45) is 9.21. The van der Waals surface area contributed by atoms with E-state index in [0.29, 0.717) is 12.5 Å². The molecule has 1 aromatic heterocycles. The van der Waals surface area contributed by atoms with Crippen LogP contribution < -0.4 is 5.32 Å². The molecule has 2 aliphatic rings. The van der Waals surface area contributed by atoms with Crippen molar-refractivity contribution in [3.05, 3.63) is 29.1 Å². The lowest BCUT2D eigenvalue weighted by molar-refractivity contribution is -0.127. The summed E-state index contributed by atoms with van der Waals surface area (Å²) in [6.45, 7) is 11.5. The van der Waals surface area contributed by atoms with Gasteiger partial charge in [-0.15, -0.1) is 0 Å². The molecule has 1 aliphatic heterocycles. The van der Waals surface area contributed by atoms with Crippen LogP contribution in [-0.4, -0.2) is 33.7 Å². The predicted octanol–water partition coefficient (Wildman–Crippen LogP) is 3.89. The summed E-state index contributed by atoms with van der Waals surface area (Å²) in [5.41, 5.74) is 3.70. The number of aromatic nitrogens is 2. The Morgan fingerprint density at radius 1 is 1.33 bits per heavy atom. The van der Waals surface area contributed by atoms with Crippen LogP contribution in [0.3, 0.4) is 0 Å². The summed E-state index contributed by atoms with van der Waals surface area (Å²) < 4.78 is 2.15. The molecule has 150 valence electrons. The number of rotatable bonds is 8. The summed E-state index contributed by atoms with van der Waals surface area (Å²) in [6, 6.07) is 2.19. The molecule has 1 N–H and O–H groups in total. The number of hydrogen-bond acceptors (Lipinski definition) is 3. The van der Waals surface area contributed by atoms with E-state index in [1.54, 1.807) is 0 Å². The van der Waals surface area contributed by atoms with Crippen molar-refractivity contribution in [3.8, 4) is 0 Å². The Balaban J connectivity index is 1.49. The van der Waals surface area contributed by atoms with Gasteiger partial charge in [0.05, 0.1) is 17.9 Å². The van der Waals surface area contributed by atoms with Gasteiger partial charge >= 0.3 is 0 Å². The molecule has 5 heteroatoms.